The zero-order valence-corrected chi connectivity index (χ0v) is 11.4. The molecule has 0 spiro atoms. The van der Waals surface area contributed by atoms with Crippen molar-refractivity contribution in [3.8, 4) is 0 Å². The summed E-state index contributed by atoms with van der Waals surface area (Å²) in [4.78, 5) is 0. The molecular weight excluding hydrogens is 216 g/mol. The van der Waals surface area contributed by atoms with Gasteiger partial charge in [0.2, 0.25) is 0 Å². The molecule has 0 N–H and O–H groups in total. The van der Waals surface area contributed by atoms with Crippen LogP contribution < -0.4 is 0 Å². The molecule has 0 atom stereocenters. The molecule has 0 saturated carbocycles. The molecule has 0 heterocycles. The van der Waals surface area contributed by atoms with Gasteiger partial charge >= 0.3 is 96.9 Å². The molecule has 0 aliphatic heterocycles. The van der Waals surface area contributed by atoms with Gasteiger partial charge in [-0.3, -0.25) is 0 Å². The monoisotopic (exact) mass is 236 g/mol. The fourth-order valence-electron chi connectivity index (χ4n) is 2.97. The topological polar surface area (TPSA) is 0 Å². The molecule has 0 bridgehead atoms. The summed E-state index contributed by atoms with van der Waals surface area (Å²) in [5.74, 6) is 0. The van der Waals surface area contributed by atoms with E-state index in [4.69, 9.17) is 0 Å². The maximum atomic E-state index is 2.41. The van der Waals surface area contributed by atoms with E-state index in [0.717, 1.165) is 0 Å². The summed E-state index contributed by atoms with van der Waals surface area (Å²) in [6.45, 7) is 4.81. The van der Waals surface area contributed by atoms with Crippen LogP contribution in [0.25, 0.3) is 0 Å². The normalized spacial score (nSPS) is 19.6. The van der Waals surface area contributed by atoms with Crippen LogP contribution in [0.4, 0.5) is 0 Å². The standard InChI is InChI=1S/2C5H5.2C2H5.Ti/c2*1-2-4-5-3-1;2*1-2;/h2*1-3H,4H2;2*1H2,2H3;. The first-order chi connectivity index (χ1) is 7.33. The molecule has 80 valence electrons. The van der Waals surface area contributed by atoms with Crippen molar-refractivity contribution in [3.05, 3.63) is 44.2 Å². The van der Waals surface area contributed by atoms with Gasteiger partial charge in [-0.1, -0.05) is 0 Å². The summed E-state index contributed by atoms with van der Waals surface area (Å²) in [7, 11) is 0. The van der Waals surface area contributed by atoms with Crippen molar-refractivity contribution in [2.24, 2.45) is 0 Å². The van der Waals surface area contributed by atoms with Crippen LogP contribution >= 0.6 is 0 Å². The Hall–Kier alpha value is -0.326. The summed E-state index contributed by atoms with van der Waals surface area (Å²) in [5.41, 5.74) is 0. The Morgan fingerprint density at radius 2 is 1.40 bits per heavy atom. The van der Waals surface area contributed by atoms with E-state index in [-0.39, 0.29) is 0 Å². The van der Waals surface area contributed by atoms with Gasteiger partial charge in [0.25, 0.3) is 0 Å². The average molecular weight is 236 g/mol. The van der Waals surface area contributed by atoms with Gasteiger partial charge in [-0.2, -0.15) is 0 Å². The van der Waals surface area contributed by atoms with Crippen LogP contribution in [0.3, 0.4) is 0 Å². The summed E-state index contributed by atoms with van der Waals surface area (Å²) < 4.78 is 6.43. The first-order valence-corrected chi connectivity index (χ1v) is 9.83. The van der Waals surface area contributed by atoms with Crippen LogP contribution in [0.5, 0.6) is 0 Å². The molecule has 0 aromatic heterocycles. The SMILES string of the molecule is C[CH2][Ti]([CH2]C)([C]1=CC=CC1)[C]1=CC=CC1. The predicted octanol–water partition coefficient (Wildman–Crippen LogP) is 4.70. The van der Waals surface area contributed by atoms with Crippen molar-refractivity contribution in [1.82, 2.24) is 0 Å². The van der Waals surface area contributed by atoms with E-state index in [1.54, 1.807) is 7.76 Å². The Bertz CT molecular complexity index is 320. The molecule has 0 nitrogen and oxygen atoms in total. The van der Waals surface area contributed by atoms with Crippen molar-refractivity contribution in [2.75, 3.05) is 0 Å². The zero-order chi connectivity index (χ0) is 10.7. The molecule has 0 aromatic rings. The first kappa shape index (κ1) is 11.2. The summed E-state index contributed by atoms with van der Waals surface area (Å²) in [6, 6.07) is 0. The van der Waals surface area contributed by atoms with E-state index in [9.17, 15) is 0 Å². The predicted molar refractivity (Wildman–Crippen MR) is 64.6 cm³/mol. The number of hydrogen-bond acceptors (Lipinski definition) is 0. The molecule has 15 heavy (non-hydrogen) atoms. The van der Waals surface area contributed by atoms with E-state index < -0.39 is 16.6 Å². The van der Waals surface area contributed by atoms with Gasteiger partial charge in [-0.25, -0.2) is 0 Å². The summed E-state index contributed by atoms with van der Waals surface area (Å²) in [6.07, 6.45) is 16.4. The zero-order valence-electron chi connectivity index (χ0n) is 9.79. The van der Waals surface area contributed by atoms with Crippen LogP contribution in [0.15, 0.2) is 44.2 Å². The minimum absolute atomic E-state index is 1.24. The van der Waals surface area contributed by atoms with Gasteiger partial charge < -0.3 is 0 Å². The van der Waals surface area contributed by atoms with Crippen molar-refractivity contribution < 1.29 is 16.6 Å². The van der Waals surface area contributed by atoms with Gasteiger partial charge in [0.1, 0.15) is 0 Å². The second-order valence-electron chi connectivity index (χ2n) is 4.44. The van der Waals surface area contributed by atoms with Gasteiger partial charge in [0, 0.05) is 0 Å². The summed E-state index contributed by atoms with van der Waals surface area (Å²) >= 11 is -1.85. The van der Waals surface area contributed by atoms with Gasteiger partial charge in [-0.05, 0) is 0 Å². The third-order valence-corrected chi connectivity index (χ3v) is 12.7. The van der Waals surface area contributed by atoms with E-state index in [0.29, 0.717) is 0 Å². The molecular formula is C14H20Ti. The van der Waals surface area contributed by atoms with Gasteiger partial charge in [0.05, 0.1) is 0 Å². The first-order valence-electron chi connectivity index (χ1n) is 6.06. The Morgan fingerprint density at radius 3 is 1.67 bits per heavy atom. The van der Waals surface area contributed by atoms with Crippen LogP contribution in [-0.4, -0.2) is 0 Å². The molecule has 2 aliphatic rings. The Labute approximate surface area is 96.8 Å². The molecule has 0 saturated heterocycles. The fraction of sp³-hybridized carbons (Fsp3) is 0.429. The molecule has 0 radical (unpaired) electrons. The second kappa shape index (κ2) is 4.68. The van der Waals surface area contributed by atoms with Crippen LogP contribution in [0.2, 0.25) is 9.45 Å². The van der Waals surface area contributed by atoms with Crippen LogP contribution in [-0.2, 0) is 16.6 Å². The van der Waals surface area contributed by atoms with E-state index in [1.807, 2.05) is 0 Å². The molecule has 0 unspecified atom stereocenters. The number of allylic oxidation sites excluding steroid dienone is 8. The third-order valence-electron chi connectivity index (χ3n) is 3.98. The number of rotatable bonds is 4. The van der Waals surface area contributed by atoms with E-state index in [1.165, 1.54) is 22.3 Å². The van der Waals surface area contributed by atoms with Gasteiger partial charge in [0.15, 0.2) is 0 Å². The Morgan fingerprint density at radius 1 is 0.933 bits per heavy atom. The maximum absolute atomic E-state index is 2.41. The van der Waals surface area contributed by atoms with Crippen molar-refractivity contribution in [2.45, 2.75) is 36.1 Å². The molecule has 1 heteroatoms. The van der Waals surface area contributed by atoms with E-state index in [2.05, 4.69) is 50.3 Å². The average Bonchev–Trinajstić information content (AvgIpc) is 2.92. The van der Waals surface area contributed by atoms with Crippen LogP contribution in [0, 0.1) is 0 Å². The van der Waals surface area contributed by atoms with Gasteiger partial charge in [-0.15, -0.1) is 0 Å². The van der Waals surface area contributed by atoms with Crippen molar-refractivity contribution in [3.63, 3.8) is 0 Å². The number of hydrogen-bond donors (Lipinski definition) is 0. The quantitative estimate of drug-likeness (QED) is 0.620. The molecule has 2 aliphatic carbocycles. The molecule has 2 rings (SSSR count). The Balaban J connectivity index is 2.31. The third kappa shape index (κ3) is 1.86. The Kier molecular flexibility index (Phi) is 3.48. The van der Waals surface area contributed by atoms with E-state index >= 15 is 0 Å². The second-order valence-corrected chi connectivity index (χ2v) is 12.0. The molecule has 0 aromatic carbocycles. The molecule has 0 amide bonds. The minimum atomic E-state index is -1.85. The molecule has 0 fully saturated rings. The fourth-order valence-corrected chi connectivity index (χ4v) is 10.1. The van der Waals surface area contributed by atoms with Crippen molar-refractivity contribution in [1.29, 1.82) is 0 Å². The van der Waals surface area contributed by atoms with Crippen molar-refractivity contribution >= 4 is 0 Å². The van der Waals surface area contributed by atoms with Crippen LogP contribution in [0.1, 0.15) is 26.7 Å². The summed E-state index contributed by atoms with van der Waals surface area (Å²) in [5, 5.41) is 0.